The number of carbonyl (C=O) groups excluding carboxylic acids is 2. The van der Waals surface area contributed by atoms with Crippen molar-refractivity contribution >= 4 is 24.6 Å². The molecule has 1 unspecified atom stereocenters. The third kappa shape index (κ3) is 3.68. The van der Waals surface area contributed by atoms with Crippen LogP contribution in [0, 0.1) is 6.92 Å². The fourth-order valence-corrected chi connectivity index (χ4v) is 2.11. The van der Waals surface area contributed by atoms with E-state index in [-0.39, 0.29) is 11.3 Å². The third-order valence-electron chi connectivity index (χ3n) is 2.99. The lowest BCUT2D eigenvalue weighted by molar-refractivity contribution is -0.133. The number of methoxy groups -OCH3 is 1. The van der Waals surface area contributed by atoms with Crippen molar-refractivity contribution in [1.29, 1.82) is 0 Å². The summed E-state index contributed by atoms with van der Waals surface area (Å²) in [6.45, 7) is 3.81. The maximum Gasteiger partial charge on any atom is 0.341 e. The molecule has 1 atom stereocenters. The molecule has 0 heterocycles. The molecule has 0 amide bonds. The lowest BCUT2D eigenvalue weighted by Gasteiger charge is -2.13. The van der Waals surface area contributed by atoms with Gasteiger partial charge in [-0.2, -0.15) is 12.6 Å². The molecule has 0 fully saturated rings. The molecule has 1 radical (unpaired) electrons. The Labute approximate surface area is 134 Å². The average Bonchev–Trinajstić information content (AvgIpc) is 2.53. The number of rotatable bonds is 4. The van der Waals surface area contributed by atoms with Gasteiger partial charge < -0.3 is 9.47 Å². The summed E-state index contributed by atoms with van der Waals surface area (Å²) < 4.78 is 9.95. The predicted molar refractivity (Wildman–Crippen MR) is 86.0 cm³/mol. The van der Waals surface area contributed by atoms with Crippen LogP contribution in [-0.4, -0.2) is 19.0 Å². The van der Waals surface area contributed by atoms with E-state index in [1.54, 1.807) is 30.3 Å². The van der Waals surface area contributed by atoms with Crippen molar-refractivity contribution in [3.05, 3.63) is 72.1 Å². The van der Waals surface area contributed by atoms with E-state index in [1.165, 1.54) is 19.2 Å². The second-order valence-electron chi connectivity index (χ2n) is 4.56. The minimum absolute atomic E-state index is 0.143. The number of benzene rings is 2. The molecule has 0 aliphatic heterocycles. The van der Waals surface area contributed by atoms with E-state index in [0.29, 0.717) is 5.56 Å². The molecular weight excluding hydrogens is 300 g/mol. The Kier molecular flexibility index (Phi) is 5.22. The molecule has 22 heavy (non-hydrogen) atoms. The SMILES string of the molecule is [CH2]c1cccc(C(S)C(=O)Oc2ccccc2C(=O)OC)c1. The quantitative estimate of drug-likeness (QED) is 0.535. The topological polar surface area (TPSA) is 52.6 Å². The van der Waals surface area contributed by atoms with Crippen LogP contribution in [-0.2, 0) is 9.53 Å². The van der Waals surface area contributed by atoms with Crippen molar-refractivity contribution in [3.63, 3.8) is 0 Å². The monoisotopic (exact) mass is 315 g/mol. The zero-order valence-corrected chi connectivity index (χ0v) is 12.9. The van der Waals surface area contributed by atoms with E-state index in [0.717, 1.165) is 5.56 Å². The van der Waals surface area contributed by atoms with Gasteiger partial charge in [0.05, 0.1) is 7.11 Å². The van der Waals surface area contributed by atoms with Crippen LogP contribution in [0.25, 0.3) is 0 Å². The summed E-state index contributed by atoms with van der Waals surface area (Å²) in [6, 6.07) is 13.5. The molecule has 0 aliphatic carbocycles. The minimum atomic E-state index is -0.771. The molecule has 113 valence electrons. The molecule has 0 N–H and O–H groups in total. The number of carbonyl (C=O) groups is 2. The first-order valence-electron chi connectivity index (χ1n) is 6.52. The number of hydrogen-bond acceptors (Lipinski definition) is 5. The van der Waals surface area contributed by atoms with Crippen LogP contribution in [0.2, 0.25) is 0 Å². The van der Waals surface area contributed by atoms with E-state index in [2.05, 4.69) is 24.3 Å². The average molecular weight is 315 g/mol. The Morgan fingerprint density at radius 1 is 1.14 bits per heavy atom. The molecule has 2 aromatic rings. The molecule has 0 spiro atoms. The molecule has 0 aliphatic rings. The highest BCUT2D eigenvalue weighted by Gasteiger charge is 2.21. The molecule has 0 saturated carbocycles. The molecule has 2 aromatic carbocycles. The lowest BCUT2D eigenvalue weighted by atomic mass is 10.1. The van der Waals surface area contributed by atoms with Crippen molar-refractivity contribution < 1.29 is 19.1 Å². The van der Waals surface area contributed by atoms with Gasteiger partial charge in [0.2, 0.25) is 0 Å². The Morgan fingerprint density at radius 3 is 2.55 bits per heavy atom. The highest BCUT2D eigenvalue weighted by molar-refractivity contribution is 7.81. The fourth-order valence-electron chi connectivity index (χ4n) is 1.90. The lowest BCUT2D eigenvalue weighted by Crippen LogP contribution is -2.16. The van der Waals surface area contributed by atoms with Crippen molar-refractivity contribution in [2.45, 2.75) is 5.25 Å². The van der Waals surface area contributed by atoms with E-state index in [4.69, 9.17) is 4.74 Å². The summed E-state index contributed by atoms with van der Waals surface area (Å²) in [5, 5.41) is -0.771. The fraction of sp³-hybridized carbons (Fsp3) is 0.118. The van der Waals surface area contributed by atoms with Gasteiger partial charge in [-0.25, -0.2) is 4.79 Å². The van der Waals surface area contributed by atoms with E-state index >= 15 is 0 Å². The van der Waals surface area contributed by atoms with Crippen LogP contribution in [0.5, 0.6) is 5.75 Å². The van der Waals surface area contributed by atoms with Gasteiger partial charge in [-0.1, -0.05) is 36.4 Å². The second-order valence-corrected chi connectivity index (χ2v) is 5.07. The van der Waals surface area contributed by atoms with Crippen LogP contribution in [0.1, 0.15) is 26.7 Å². The Bertz CT molecular complexity index is 697. The van der Waals surface area contributed by atoms with Crippen molar-refractivity contribution in [2.24, 2.45) is 0 Å². The first-order valence-corrected chi connectivity index (χ1v) is 7.03. The third-order valence-corrected chi connectivity index (χ3v) is 3.50. The largest absolute Gasteiger partial charge is 0.465 e. The zero-order chi connectivity index (χ0) is 16.1. The van der Waals surface area contributed by atoms with E-state index in [9.17, 15) is 9.59 Å². The second kappa shape index (κ2) is 7.13. The first kappa shape index (κ1) is 16.1. The van der Waals surface area contributed by atoms with Crippen LogP contribution in [0.4, 0.5) is 0 Å². The normalized spacial score (nSPS) is 11.6. The predicted octanol–water partition coefficient (Wildman–Crippen LogP) is 3.23. The Hall–Kier alpha value is -2.27. The van der Waals surface area contributed by atoms with Crippen molar-refractivity contribution in [2.75, 3.05) is 7.11 Å². The molecule has 5 heteroatoms. The van der Waals surface area contributed by atoms with E-state index in [1.807, 2.05) is 6.07 Å². The maximum absolute atomic E-state index is 12.2. The van der Waals surface area contributed by atoms with Gasteiger partial charge in [0.1, 0.15) is 16.6 Å². The van der Waals surface area contributed by atoms with Crippen LogP contribution in [0.15, 0.2) is 48.5 Å². The van der Waals surface area contributed by atoms with E-state index < -0.39 is 17.2 Å². The highest BCUT2D eigenvalue weighted by atomic mass is 32.1. The van der Waals surface area contributed by atoms with Crippen LogP contribution in [0.3, 0.4) is 0 Å². The number of thiol groups is 1. The summed E-state index contributed by atoms with van der Waals surface area (Å²) in [5.41, 5.74) is 1.64. The summed E-state index contributed by atoms with van der Waals surface area (Å²) in [7, 11) is 1.27. The number of ether oxygens (including phenoxy) is 2. The smallest absolute Gasteiger partial charge is 0.341 e. The Morgan fingerprint density at radius 2 is 1.86 bits per heavy atom. The van der Waals surface area contributed by atoms with Gasteiger partial charge in [0, 0.05) is 0 Å². The summed E-state index contributed by atoms with van der Waals surface area (Å²) in [5.74, 6) is -1.01. The van der Waals surface area contributed by atoms with Gasteiger partial charge in [0.25, 0.3) is 0 Å². The molecule has 0 aromatic heterocycles. The van der Waals surface area contributed by atoms with Crippen LogP contribution < -0.4 is 4.74 Å². The molecule has 0 saturated heterocycles. The van der Waals surface area contributed by atoms with Crippen molar-refractivity contribution in [1.82, 2.24) is 0 Å². The maximum atomic E-state index is 12.2. The standard InChI is InChI=1S/C17H15O4S/c1-11-6-5-7-12(10-11)15(22)17(19)21-14-9-4-3-8-13(14)16(18)20-2/h3-10,15,22H,1H2,2H3. The van der Waals surface area contributed by atoms with Crippen LogP contribution >= 0.6 is 12.6 Å². The van der Waals surface area contributed by atoms with Gasteiger partial charge in [-0.3, -0.25) is 4.79 Å². The minimum Gasteiger partial charge on any atom is -0.465 e. The van der Waals surface area contributed by atoms with Gasteiger partial charge in [0.15, 0.2) is 0 Å². The molecule has 4 nitrogen and oxygen atoms in total. The number of para-hydroxylation sites is 1. The number of esters is 2. The summed E-state index contributed by atoms with van der Waals surface area (Å²) >= 11 is 4.28. The summed E-state index contributed by atoms with van der Waals surface area (Å²) in [4.78, 5) is 23.9. The molecule has 2 rings (SSSR count). The van der Waals surface area contributed by atoms with Crippen molar-refractivity contribution in [3.8, 4) is 5.75 Å². The van der Waals surface area contributed by atoms with Gasteiger partial charge in [-0.15, -0.1) is 0 Å². The number of hydrogen-bond donors (Lipinski definition) is 1. The van der Waals surface area contributed by atoms with Gasteiger partial charge >= 0.3 is 11.9 Å². The molecule has 0 bridgehead atoms. The molecular formula is C17H15O4S. The highest BCUT2D eigenvalue weighted by Crippen LogP contribution is 2.26. The Balaban J connectivity index is 2.20. The van der Waals surface area contributed by atoms with Gasteiger partial charge in [-0.05, 0) is 30.2 Å². The summed E-state index contributed by atoms with van der Waals surface area (Å²) in [6.07, 6.45) is 0. The first-order chi connectivity index (χ1) is 10.5. The zero-order valence-electron chi connectivity index (χ0n) is 12.0.